The maximum atomic E-state index is 13.0. The van der Waals surface area contributed by atoms with Crippen LogP contribution in [0.1, 0.15) is 38.0 Å². The number of halogens is 1. The van der Waals surface area contributed by atoms with Gasteiger partial charge in [-0.05, 0) is 49.4 Å². The van der Waals surface area contributed by atoms with Crippen LogP contribution in [-0.4, -0.2) is 40.0 Å². The summed E-state index contributed by atoms with van der Waals surface area (Å²) in [7, 11) is 0. The lowest BCUT2D eigenvalue weighted by molar-refractivity contribution is -0.137. The molecule has 3 rings (SSSR count). The Morgan fingerprint density at radius 1 is 1.26 bits per heavy atom. The number of hydrogen-bond donors (Lipinski definition) is 1. The Morgan fingerprint density at radius 2 is 2.04 bits per heavy atom. The van der Waals surface area contributed by atoms with E-state index in [4.69, 9.17) is 9.52 Å². The highest BCUT2D eigenvalue weighted by atomic mass is 19.1. The Kier molecular flexibility index (Phi) is 6.21. The number of aliphatic carboxylic acids is 1. The summed E-state index contributed by atoms with van der Waals surface area (Å²) in [5.41, 5.74) is 0.735. The van der Waals surface area contributed by atoms with Gasteiger partial charge in [0.05, 0.1) is 6.20 Å². The first-order chi connectivity index (χ1) is 13.0. The van der Waals surface area contributed by atoms with Gasteiger partial charge in [-0.15, -0.1) is 0 Å². The first-order valence-electron chi connectivity index (χ1n) is 9.21. The molecule has 1 aliphatic heterocycles. The summed E-state index contributed by atoms with van der Waals surface area (Å²) in [6, 6.07) is 5.96. The molecule has 1 unspecified atom stereocenters. The van der Waals surface area contributed by atoms with E-state index >= 15 is 0 Å². The van der Waals surface area contributed by atoms with Crippen molar-refractivity contribution >= 4 is 11.9 Å². The van der Waals surface area contributed by atoms with Crippen LogP contribution in [0, 0.1) is 11.7 Å². The van der Waals surface area contributed by atoms with Crippen molar-refractivity contribution in [2.24, 2.45) is 5.92 Å². The van der Waals surface area contributed by atoms with Crippen LogP contribution in [0.5, 0.6) is 0 Å². The van der Waals surface area contributed by atoms with Crippen molar-refractivity contribution in [1.82, 2.24) is 9.88 Å². The van der Waals surface area contributed by atoms with Crippen LogP contribution < -0.4 is 0 Å². The highest BCUT2D eigenvalue weighted by Gasteiger charge is 2.24. The average Bonchev–Trinajstić information content (AvgIpc) is 3.14. The molecule has 0 saturated carbocycles. The van der Waals surface area contributed by atoms with Crippen LogP contribution in [0.4, 0.5) is 4.39 Å². The molecule has 7 heteroatoms. The quantitative estimate of drug-likeness (QED) is 0.802. The van der Waals surface area contributed by atoms with Gasteiger partial charge in [0.2, 0.25) is 5.91 Å². The molecular formula is C20H23FN2O4. The summed E-state index contributed by atoms with van der Waals surface area (Å²) in [5.74, 6) is 0.208. The minimum Gasteiger partial charge on any atom is -0.481 e. The van der Waals surface area contributed by atoms with E-state index in [0.29, 0.717) is 37.5 Å². The van der Waals surface area contributed by atoms with Crippen molar-refractivity contribution in [3.63, 3.8) is 0 Å². The molecule has 0 radical (unpaired) electrons. The number of aromatic nitrogens is 1. The van der Waals surface area contributed by atoms with Gasteiger partial charge in [0.15, 0.2) is 11.7 Å². The van der Waals surface area contributed by atoms with Gasteiger partial charge in [-0.3, -0.25) is 9.59 Å². The number of amides is 1. The maximum absolute atomic E-state index is 13.0. The molecule has 2 heterocycles. The van der Waals surface area contributed by atoms with Crippen molar-refractivity contribution in [2.75, 3.05) is 13.1 Å². The molecule has 1 aromatic heterocycles. The van der Waals surface area contributed by atoms with Crippen molar-refractivity contribution < 1.29 is 23.5 Å². The van der Waals surface area contributed by atoms with Gasteiger partial charge < -0.3 is 14.4 Å². The summed E-state index contributed by atoms with van der Waals surface area (Å²) in [5, 5.41) is 8.81. The zero-order chi connectivity index (χ0) is 19.2. The second-order valence-electron chi connectivity index (χ2n) is 6.91. The topological polar surface area (TPSA) is 83.6 Å². The SMILES string of the molecule is O=C(O)CCC1CCCN(C(=O)CCc2ncc(-c3ccc(F)cc3)o2)C1. The third-order valence-electron chi connectivity index (χ3n) is 4.87. The lowest BCUT2D eigenvalue weighted by Crippen LogP contribution is -2.40. The second kappa shape index (κ2) is 8.79. The zero-order valence-corrected chi connectivity index (χ0v) is 15.1. The number of rotatable bonds is 7. The van der Waals surface area contributed by atoms with Gasteiger partial charge in [-0.2, -0.15) is 0 Å². The zero-order valence-electron chi connectivity index (χ0n) is 15.1. The second-order valence-corrected chi connectivity index (χ2v) is 6.91. The average molecular weight is 374 g/mol. The number of oxazole rings is 1. The van der Waals surface area contributed by atoms with E-state index in [1.165, 1.54) is 12.1 Å². The molecule has 1 saturated heterocycles. The Hall–Kier alpha value is -2.70. The number of benzene rings is 1. The molecule has 1 fully saturated rings. The number of hydrogen-bond acceptors (Lipinski definition) is 4. The predicted octanol–water partition coefficient (Wildman–Crippen LogP) is 3.52. The molecule has 1 amide bonds. The maximum Gasteiger partial charge on any atom is 0.303 e. The lowest BCUT2D eigenvalue weighted by Gasteiger charge is -2.32. The standard InChI is InChI=1S/C20H23FN2O4/c21-16-6-4-15(5-7-16)17-12-22-18(27-17)8-9-19(24)23-11-1-2-14(13-23)3-10-20(25)26/h4-7,12,14H,1-3,8-11,13H2,(H,25,26). The van der Waals surface area contributed by atoms with Crippen molar-refractivity contribution in [1.29, 1.82) is 0 Å². The lowest BCUT2D eigenvalue weighted by atomic mass is 9.93. The molecule has 2 aromatic rings. The number of carbonyl (C=O) groups excluding carboxylic acids is 1. The molecule has 1 aliphatic rings. The van der Waals surface area contributed by atoms with E-state index in [9.17, 15) is 14.0 Å². The normalized spacial score (nSPS) is 17.1. The highest BCUT2D eigenvalue weighted by molar-refractivity contribution is 5.76. The number of carbonyl (C=O) groups is 2. The van der Waals surface area contributed by atoms with Crippen LogP contribution >= 0.6 is 0 Å². The summed E-state index contributed by atoms with van der Waals surface area (Å²) >= 11 is 0. The number of aryl methyl sites for hydroxylation is 1. The van der Waals surface area contributed by atoms with Crippen LogP contribution in [0.25, 0.3) is 11.3 Å². The fraction of sp³-hybridized carbons (Fsp3) is 0.450. The third kappa shape index (κ3) is 5.39. The number of carboxylic acids is 1. The van der Waals surface area contributed by atoms with E-state index in [0.717, 1.165) is 24.9 Å². The van der Waals surface area contributed by atoms with E-state index in [2.05, 4.69) is 4.98 Å². The third-order valence-corrected chi connectivity index (χ3v) is 4.87. The van der Waals surface area contributed by atoms with Gasteiger partial charge in [-0.1, -0.05) is 0 Å². The molecule has 1 N–H and O–H groups in total. The van der Waals surface area contributed by atoms with Crippen molar-refractivity contribution in [2.45, 2.75) is 38.5 Å². The van der Waals surface area contributed by atoms with E-state index in [-0.39, 0.29) is 24.1 Å². The number of piperidine rings is 1. The Morgan fingerprint density at radius 3 is 2.78 bits per heavy atom. The molecule has 144 valence electrons. The van der Waals surface area contributed by atoms with E-state index < -0.39 is 5.97 Å². The summed E-state index contributed by atoms with van der Waals surface area (Å²) in [6.45, 7) is 1.34. The molecule has 6 nitrogen and oxygen atoms in total. The van der Waals surface area contributed by atoms with Crippen LogP contribution in [0.15, 0.2) is 34.9 Å². The van der Waals surface area contributed by atoms with Crippen molar-refractivity contribution in [3.05, 3.63) is 42.2 Å². The van der Waals surface area contributed by atoms with Crippen LogP contribution in [0.3, 0.4) is 0 Å². The van der Waals surface area contributed by atoms with Gasteiger partial charge >= 0.3 is 5.97 Å². The minimum absolute atomic E-state index is 0.0385. The number of nitrogens with zero attached hydrogens (tertiary/aromatic N) is 2. The van der Waals surface area contributed by atoms with Gasteiger partial charge in [0.25, 0.3) is 0 Å². The fourth-order valence-corrected chi connectivity index (χ4v) is 3.40. The molecular weight excluding hydrogens is 351 g/mol. The first-order valence-corrected chi connectivity index (χ1v) is 9.21. The molecule has 27 heavy (non-hydrogen) atoms. The van der Waals surface area contributed by atoms with Crippen LogP contribution in [-0.2, 0) is 16.0 Å². The van der Waals surface area contributed by atoms with Gasteiger partial charge in [-0.25, -0.2) is 9.37 Å². The largest absolute Gasteiger partial charge is 0.481 e. The van der Waals surface area contributed by atoms with Gasteiger partial charge in [0, 0.05) is 37.9 Å². The molecule has 1 atom stereocenters. The predicted molar refractivity (Wildman–Crippen MR) is 96.4 cm³/mol. The fourth-order valence-electron chi connectivity index (χ4n) is 3.40. The first kappa shape index (κ1) is 19.1. The Labute approximate surface area is 157 Å². The number of likely N-dealkylation sites (tertiary alicyclic amines) is 1. The Bertz CT molecular complexity index is 788. The molecule has 0 bridgehead atoms. The molecule has 0 spiro atoms. The van der Waals surface area contributed by atoms with Gasteiger partial charge in [0.1, 0.15) is 5.82 Å². The number of carboxylic acid groups (broad SMARTS) is 1. The summed E-state index contributed by atoms with van der Waals surface area (Å²) < 4.78 is 18.7. The van der Waals surface area contributed by atoms with Crippen molar-refractivity contribution in [3.8, 4) is 11.3 Å². The Balaban J connectivity index is 1.50. The van der Waals surface area contributed by atoms with E-state index in [1.54, 1.807) is 18.3 Å². The van der Waals surface area contributed by atoms with Crippen LogP contribution in [0.2, 0.25) is 0 Å². The van der Waals surface area contributed by atoms with E-state index in [1.807, 2.05) is 4.90 Å². The summed E-state index contributed by atoms with van der Waals surface area (Å²) in [4.78, 5) is 29.2. The smallest absolute Gasteiger partial charge is 0.303 e. The molecule has 0 aliphatic carbocycles. The monoisotopic (exact) mass is 374 g/mol. The minimum atomic E-state index is -0.792. The summed E-state index contributed by atoms with van der Waals surface area (Å²) in [6.07, 6.45) is 4.91. The molecule has 1 aromatic carbocycles. The highest BCUT2D eigenvalue weighted by Crippen LogP contribution is 2.23.